The van der Waals surface area contributed by atoms with E-state index in [-0.39, 0.29) is 6.04 Å². The Labute approximate surface area is 127 Å². The molecule has 0 aromatic heterocycles. The van der Waals surface area contributed by atoms with Crippen molar-refractivity contribution in [1.29, 1.82) is 0 Å². The first-order valence-corrected chi connectivity index (χ1v) is 8.14. The van der Waals surface area contributed by atoms with Crippen molar-refractivity contribution in [3.63, 3.8) is 0 Å². The second kappa shape index (κ2) is 7.13. The summed E-state index contributed by atoms with van der Waals surface area (Å²) in [6.45, 7) is 2.05. The van der Waals surface area contributed by atoms with E-state index in [4.69, 9.17) is 5.73 Å². The topological polar surface area (TPSA) is 26.0 Å². The minimum atomic E-state index is 0.186. The van der Waals surface area contributed by atoms with Crippen LogP contribution in [0.5, 0.6) is 0 Å². The lowest BCUT2D eigenvalue weighted by molar-refractivity contribution is 0.729. The van der Waals surface area contributed by atoms with Crippen molar-refractivity contribution < 1.29 is 0 Å². The summed E-state index contributed by atoms with van der Waals surface area (Å²) in [5.41, 5.74) is 8.60. The molecule has 3 heteroatoms. The van der Waals surface area contributed by atoms with E-state index in [1.54, 1.807) is 0 Å². The molecule has 0 heterocycles. The third-order valence-electron chi connectivity index (χ3n) is 2.80. The summed E-state index contributed by atoms with van der Waals surface area (Å²) in [5, 5.41) is 0. The molecule has 0 aliphatic carbocycles. The lowest BCUT2D eigenvalue weighted by atomic mass is 10.1. The molecule has 0 amide bonds. The first kappa shape index (κ1) is 14.6. The fraction of sp³-hybridized carbons (Fsp3) is 0.250. The molecule has 2 N–H and O–H groups in total. The summed E-state index contributed by atoms with van der Waals surface area (Å²) in [4.78, 5) is 1.32. The van der Waals surface area contributed by atoms with Crippen LogP contribution in [0, 0.1) is 0 Å². The Morgan fingerprint density at radius 3 is 2.58 bits per heavy atom. The van der Waals surface area contributed by atoms with Gasteiger partial charge in [0.05, 0.1) is 0 Å². The Bertz CT molecular complexity index is 526. The largest absolute Gasteiger partial charge is 0.328 e. The van der Waals surface area contributed by atoms with E-state index in [9.17, 15) is 0 Å². The molecule has 100 valence electrons. The van der Waals surface area contributed by atoms with Gasteiger partial charge in [0.2, 0.25) is 0 Å². The third-order valence-corrected chi connectivity index (χ3v) is 4.48. The molecule has 2 aromatic rings. The number of hydrogen-bond acceptors (Lipinski definition) is 2. The normalized spacial score (nSPS) is 12.4. The fourth-order valence-corrected chi connectivity index (χ4v) is 3.35. The van der Waals surface area contributed by atoms with Crippen LogP contribution >= 0.6 is 27.7 Å². The molecule has 0 radical (unpaired) electrons. The fourth-order valence-electron chi connectivity index (χ4n) is 1.93. The molecule has 0 aliphatic rings. The molecule has 0 saturated carbocycles. The molecule has 0 bridgehead atoms. The molecule has 2 aromatic carbocycles. The Kier molecular flexibility index (Phi) is 5.49. The predicted molar refractivity (Wildman–Crippen MR) is 87.5 cm³/mol. The lowest BCUT2D eigenvalue weighted by Gasteiger charge is -2.12. The number of hydrogen-bond donors (Lipinski definition) is 1. The van der Waals surface area contributed by atoms with E-state index in [0.717, 1.165) is 16.6 Å². The van der Waals surface area contributed by atoms with Crippen LogP contribution in [-0.4, -0.2) is 6.04 Å². The molecule has 2 rings (SSSR count). The first-order chi connectivity index (χ1) is 9.15. The van der Waals surface area contributed by atoms with Crippen LogP contribution in [0.4, 0.5) is 0 Å². The van der Waals surface area contributed by atoms with Crippen molar-refractivity contribution in [2.75, 3.05) is 0 Å². The van der Waals surface area contributed by atoms with Gasteiger partial charge in [-0.2, -0.15) is 0 Å². The van der Waals surface area contributed by atoms with E-state index in [1.165, 1.54) is 16.0 Å². The second-order valence-corrected chi connectivity index (χ2v) is 6.64. The smallest absolute Gasteiger partial charge is 0.0232 e. The Morgan fingerprint density at radius 2 is 1.89 bits per heavy atom. The lowest BCUT2D eigenvalue weighted by Crippen LogP contribution is -2.18. The number of rotatable bonds is 5. The van der Waals surface area contributed by atoms with Gasteiger partial charge in [0, 0.05) is 21.2 Å². The molecule has 19 heavy (non-hydrogen) atoms. The molecular formula is C16H18BrNS. The highest BCUT2D eigenvalue weighted by molar-refractivity contribution is 9.10. The van der Waals surface area contributed by atoms with Crippen molar-refractivity contribution in [3.05, 3.63) is 64.1 Å². The minimum Gasteiger partial charge on any atom is -0.328 e. The maximum Gasteiger partial charge on any atom is 0.0232 e. The average Bonchev–Trinajstić information content (AvgIpc) is 2.38. The van der Waals surface area contributed by atoms with Gasteiger partial charge in [0.15, 0.2) is 0 Å². The third kappa shape index (κ3) is 4.68. The summed E-state index contributed by atoms with van der Waals surface area (Å²) in [5.74, 6) is 0.994. The quantitative estimate of drug-likeness (QED) is 0.806. The summed E-state index contributed by atoms with van der Waals surface area (Å²) in [6, 6.07) is 17.2. The molecule has 1 nitrogen and oxygen atoms in total. The number of nitrogens with two attached hydrogens (primary N) is 1. The van der Waals surface area contributed by atoms with Crippen LogP contribution in [0.25, 0.3) is 0 Å². The second-order valence-electron chi connectivity index (χ2n) is 4.71. The zero-order chi connectivity index (χ0) is 13.7. The molecule has 1 atom stereocenters. The van der Waals surface area contributed by atoms with Crippen molar-refractivity contribution >= 4 is 27.7 Å². The highest BCUT2D eigenvalue weighted by Gasteiger charge is 2.07. The maximum atomic E-state index is 5.93. The van der Waals surface area contributed by atoms with Crippen LogP contribution in [0.15, 0.2) is 57.9 Å². The van der Waals surface area contributed by atoms with E-state index < -0.39 is 0 Å². The maximum absolute atomic E-state index is 5.93. The van der Waals surface area contributed by atoms with Crippen molar-refractivity contribution in [2.24, 2.45) is 5.73 Å². The predicted octanol–water partition coefficient (Wildman–Crippen LogP) is 4.63. The molecule has 0 spiro atoms. The van der Waals surface area contributed by atoms with E-state index >= 15 is 0 Å². The summed E-state index contributed by atoms with van der Waals surface area (Å²) in [6.07, 6.45) is 0.913. The van der Waals surface area contributed by atoms with Crippen LogP contribution in [0.1, 0.15) is 18.1 Å². The highest BCUT2D eigenvalue weighted by Crippen LogP contribution is 2.29. The van der Waals surface area contributed by atoms with Crippen LogP contribution in [0.3, 0.4) is 0 Å². The first-order valence-electron chi connectivity index (χ1n) is 6.36. The van der Waals surface area contributed by atoms with Gasteiger partial charge in [0.25, 0.3) is 0 Å². The Hall–Kier alpha value is -0.770. The van der Waals surface area contributed by atoms with Gasteiger partial charge in [-0.3, -0.25) is 0 Å². The monoisotopic (exact) mass is 335 g/mol. The van der Waals surface area contributed by atoms with Crippen molar-refractivity contribution in [1.82, 2.24) is 0 Å². The van der Waals surface area contributed by atoms with Crippen LogP contribution in [0.2, 0.25) is 0 Å². The highest BCUT2D eigenvalue weighted by atomic mass is 79.9. The summed E-state index contributed by atoms with van der Waals surface area (Å²) < 4.78 is 1.12. The zero-order valence-electron chi connectivity index (χ0n) is 11.0. The SMILES string of the molecule is CC(N)Cc1cc(Br)ccc1SCc1ccccc1. The summed E-state index contributed by atoms with van der Waals surface area (Å²) >= 11 is 5.41. The van der Waals surface area contributed by atoms with E-state index in [2.05, 4.69) is 64.5 Å². The van der Waals surface area contributed by atoms with Gasteiger partial charge in [0.1, 0.15) is 0 Å². The minimum absolute atomic E-state index is 0.186. The number of benzene rings is 2. The van der Waals surface area contributed by atoms with Gasteiger partial charge in [-0.25, -0.2) is 0 Å². The van der Waals surface area contributed by atoms with Crippen molar-refractivity contribution in [3.8, 4) is 0 Å². The van der Waals surface area contributed by atoms with E-state index in [1.807, 2.05) is 18.7 Å². The Morgan fingerprint density at radius 1 is 1.16 bits per heavy atom. The van der Waals surface area contributed by atoms with Crippen LogP contribution in [-0.2, 0) is 12.2 Å². The average molecular weight is 336 g/mol. The van der Waals surface area contributed by atoms with Crippen LogP contribution < -0.4 is 5.73 Å². The number of thioether (sulfide) groups is 1. The zero-order valence-corrected chi connectivity index (χ0v) is 13.4. The van der Waals surface area contributed by atoms with Gasteiger partial charge in [-0.05, 0) is 42.7 Å². The molecule has 1 unspecified atom stereocenters. The standard InChI is InChI=1S/C16H18BrNS/c1-12(18)9-14-10-15(17)7-8-16(14)19-11-13-5-3-2-4-6-13/h2-8,10,12H,9,11,18H2,1H3. The molecule has 0 saturated heterocycles. The van der Waals surface area contributed by atoms with Gasteiger partial charge in [-0.15, -0.1) is 11.8 Å². The van der Waals surface area contributed by atoms with Gasteiger partial charge in [-0.1, -0.05) is 46.3 Å². The Balaban J connectivity index is 2.11. The van der Waals surface area contributed by atoms with Gasteiger partial charge >= 0.3 is 0 Å². The van der Waals surface area contributed by atoms with Crippen molar-refractivity contribution in [2.45, 2.75) is 30.0 Å². The molecule has 0 fully saturated rings. The summed E-state index contributed by atoms with van der Waals surface area (Å²) in [7, 11) is 0. The number of halogens is 1. The van der Waals surface area contributed by atoms with Gasteiger partial charge < -0.3 is 5.73 Å². The van der Waals surface area contributed by atoms with E-state index in [0.29, 0.717) is 0 Å². The molecule has 0 aliphatic heterocycles. The molecular weight excluding hydrogens is 318 g/mol.